The second kappa shape index (κ2) is 11.5. The molecule has 3 aromatic rings. The van der Waals surface area contributed by atoms with Crippen molar-refractivity contribution in [2.24, 2.45) is 5.73 Å². The molecule has 2 N–H and O–H groups in total. The third kappa shape index (κ3) is 5.34. The van der Waals surface area contributed by atoms with Crippen LogP contribution in [-0.4, -0.2) is 30.2 Å². The molecule has 2 heterocycles. The fraction of sp³-hybridized carbons (Fsp3) is 0.323. The van der Waals surface area contributed by atoms with Gasteiger partial charge in [0.15, 0.2) is 0 Å². The van der Waals surface area contributed by atoms with Crippen LogP contribution >= 0.6 is 11.3 Å². The molecule has 7 nitrogen and oxygen atoms in total. The van der Waals surface area contributed by atoms with E-state index in [-0.39, 0.29) is 23.6 Å². The lowest BCUT2D eigenvalue weighted by molar-refractivity contribution is -0.138. The Balaban J connectivity index is 2.04. The van der Waals surface area contributed by atoms with E-state index in [0.717, 1.165) is 22.5 Å². The first-order chi connectivity index (χ1) is 18.6. The highest BCUT2D eigenvalue weighted by Crippen LogP contribution is 2.38. The van der Waals surface area contributed by atoms with Crippen LogP contribution in [0.1, 0.15) is 74.6 Å². The van der Waals surface area contributed by atoms with Gasteiger partial charge in [-0.15, -0.1) is 11.3 Å². The summed E-state index contributed by atoms with van der Waals surface area (Å²) in [6, 6.07) is 15.6. The van der Waals surface area contributed by atoms with Crippen molar-refractivity contribution >= 4 is 40.7 Å². The van der Waals surface area contributed by atoms with Crippen molar-refractivity contribution in [1.29, 1.82) is 0 Å². The molecule has 8 heteroatoms. The molecule has 39 heavy (non-hydrogen) atoms. The third-order valence-corrected chi connectivity index (χ3v) is 7.99. The van der Waals surface area contributed by atoms with Crippen molar-refractivity contribution < 1.29 is 19.1 Å². The molecule has 0 aliphatic carbocycles. The second-order valence-electron chi connectivity index (χ2n) is 10.1. The highest BCUT2D eigenvalue weighted by atomic mass is 32.1. The van der Waals surface area contributed by atoms with Crippen molar-refractivity contribution in [1.82, 2.24) is 4.57 Å². The Morgan fingerprint density at radius 1 is 0.949 bits per heavy atom. The number of rotatable bonds is 7. The molecule has 0 spiro atoms. The van der Waals surface area contributed by atoms with Crippen LogP contribution < -0.4 is 20.5 Å². The lowest BCUT2D eigenvalue weighted by Crippen LogP contribution is -2.41. The molecule has 0 amide bonds. The van der Waals surface area contributed by atoms with Crippen molar-refractivity contribution in [3.8, 4) is 0 Å². The van der Waals surface area contributed by atoms with E-state index >= 15 is 0 Å². The molecule has 1 aliphatic rings. The van der Waals surface area contributed by atoms with Gasteiger partial charge < -0.3 is 15.2 Å². The number of carbonyl (C=O) groups excluding carboxylic acids is 2. The van der Waals surface area contributed by atoms with Crippen LogP contribution in [0.2, 0.25) is 0 Å². The minimum atomic E-state index is -0.867. The lowest BCUT2D eigenvalue weighted by Gasteiger charge is -2.27. The van der Waals surface area contributed by atoms with Gasteiger partial charge in [-0.25, -0.2) is 9.59 Å². The third-order valence-electron chi connectivity index (χ3n) is 6.89. The number of hydrogen-bond donors (Lipinski definition) is 1. The van der Waals surface area contributed by atoms with Crippen molar-refractivity contribution in [2.75, 3.05) is 13.7 Å². The molecular formula is C31H34N2O5S. The van der Waals surface area contributed by atoms with E-state index in [4.69, 9.17) is 15.2 Å². The van der Waals surface area contributed by atoms with E-state index in [1.807, 2.05) is 48.5 Å². The fourth-order valence-corrected chi connectivity index (χ4v) is 5.86. The van der Waals surface area contributed by atoms with Gasteiger partial charge in [0.25, 0.3) is 5.56 Å². The first-order valence-electron chi connectivity index (χ1n) is 13.0. The standard InChI is InChI=1S/C31H34N2O5S/c1-7-38-31(36)25-24(22-14-12-21(13-15-22)18(4)5)26(30(35)37-6)29-33(27(25)32)28(34)23(39-29)16-19-8-10-20(11-9-19)17(2)3/h8-18,24H,7,32H2,1-6H3/t24-/m1/s1. The summed E-state index contributed by atoms with van der Waals surface area (Å²) in [4.78, 5) is 40.3. The normalized spacial score (nSPS) is 15.6. The number of hydrogen-bond acceptors (Lipinski definition) is 7. The molecule has 0 radical (unpaired) electrons. The van der Waals surface area contributed by atoms with Gasteiger partial charge in [0.1, 0.15) is 10.5 Å². The zero-order valence-corrected chi connectivity index (χ0v) is 23.9. The maximum Gasteiger partial charge on any atom is 0.338 e. The summed E-state index contributed by atoms with van der Waals surface area (Å²) >= 11 is 1.15. The molecule has 4 rings (SSSR count). The smallest absolute Gasteiger partial charge is 0.338 e. The molecule has 2 aromatic carbocycles. The second-order valence-corrected chi connectivity index (χ2v) is 11.1. The monoisotopic (exact) mass is 546 g/mol. The zero-order valence-electron chi connectivity index (χ0n) is 23.1. The number of carbonyl (C=O) groups is 2. The first-order valence-corrected chi connectivity index (χ1v) is 13.8. The molecule has 0 bridgehead atoms. The van der Waals surface area contributed by atoms with Crippen molar-refractivity contribution in [3.05, 3.63) is 95.9 Å². The zero-order chi connectivity index (χ0) is 28.4. The number of thiazole rings is 1. The van der Waals surface area contributed by atoms with Crippen LogP contribution in [0, 0.1) is 0 Å². The maximum atomic E-state index is 13.7. The van der Waals surface area contributed by atoms with E-state index in [1.54, 1.807) is 13.0 Å². The van der Waals surface area contributed by atoms with Crippen LogP contribution in [0.3, 0.4) is 0 Å². The number of aromatic nitrogens is 1. The van der Waals surface area contributed by atoms with Gasteiger partial charge in [-0.05, 0) is 47.1 Å². The van der Waals surface area contributed by atoms with E-state index < -0.39 is 23.4 Å². The lowest BCUT2D eigenvalue weighted by atomic mass is 9.82. The average molecular weight is 547 g/mol. The summed E-state index contributed by atoms with van der Waals surface area (Å²) in [6.07, 6.45) is 1.76. The molecule has 0 fully saturated rings. The highest BCUT2D eigenvalue weighted by molar-refractivity contribution is 7.07. The van der Waals surface area contributed by atoms with Crippen molar-refractivity contribution in [2.45, 2.75) is 52.4 Å². The molecular weight excluding hydrogens is 512 g/mol. The molecule has 1 aromatic heterocycles. The Labute approximate surface area is 231 Å². The van der Waals surface area contributed by atoms with Crippen LogP contribution in [0.5, 0.6) is 0 Å². The van der Waals surface area contributed by atoms with Crippen LogP contribution in [0.25, 0.3) is 17.5 Å². The predicted octanol–water partition coefficient (Wildman–Crippen LogP) is 3.80. The minimum absolute atomic E-state index is 0.0368. The Morgan fingerprint density at radius 2 is 1.51 bits per heavy atom. The number of nitrogens with zero attached hydrogens (tertiary/aromatic N) is 1. The van der Waals surface area contributed by atoms with Gasteiger partial charge in [0.2, 0.25) is 0 Å². The van der Waals surface area contributed by atoms with Gasteiger partial charge >= 0.3 is 11.9 Å². The van der Waals surface area contributed by atoms with Gasteiger partial charge in [-0.3, -0.25) is 9.36 Å². The minimum Gasteiger partial charge on any atom is -0.466 e. The number of benzene rings is 2. The summed E-state index contributed by atoms with van der Waals surface area (Å²) in [7, 11) is 1.28. The van der Waals surface area contributed by atoms with Gasteiger partial charge in [-0.2, -0.15) is 0 Å². The Kier molecular flexibility index (Phi) is 8.25. The Hall–Kier alpha value is -3.91. The van der Waals surface area contributed by atoms with E-state index in [2.05, 4.69) is 27.7 Å². The van der Waals surface area contributed by atoms with Crippen molar-refractivity contribution in [3.63, 3.8) is 0 Å². The van der Waals surface area contributed by atoms with Gasteiger partial charge in [-0.1, -0.05) is 76.2 Å². The summed E-state index contributed by atoms with van der Waals surface area (Å²) < 4.78 is 12.5. The van der Waals surface area contributed by atoms with E-state index in [0.29, 0.717) is 26.6 Å². The van der Waals surface area contributed by atoms with Crippen LogP contribution in [0.4, 0.5) is 0 Å². The largest absolute Gasteiger partial charge is 0.466 e. The number of nitrogens with two attached hydrogens (primary N) is 1. The maximum absolute atomic E-state index is 13.7. The summed E-state index contributed by atoms with van der Waals surface area (Å²) in [6.45, 7) is 10.2. The van der Waals surface area contributed by atoms with E-state index in [1.165, 1.54) is 17.2 Å². The topological polar surface area (TPSA) is 101 Å². The predicted molar refractivity (Wildman–Crippen MR) is 155 cm³/mol. The molecule has 0 saturated carbocycles. The molecule has 1 atom stereocenters. The number of methoxy groups -OCH3 is 1. The average Bonchev–Trinajstić information content (AvgIpc) is 3.24. The molecule has 204 valence electrons. The Morgan fingerprint density at radius 3 is 2.03 bits per heavy atom. The van der Waals surface area contributed by atoms with Gasteiger partial charge in [0, 0.05) is 0 Å². The van der Waals surface area contributed by atoms with Gasteiger partial charge in [0.05, 0.1) is 35.3 Å². The summed E-state index contributed by atoms with van der Waals surface area (Å²) in [5.74, 6) is -1.57. The highest BCUT2D eigenvalue weighted by Gasteiger charge is 2.39. The number of fused-ring (bicyclic) bond motifs is 1. The number of ether oxygens (including phenoxy) is 2. The quantitative estimate of drug-likeness (QED) is 0.453. The number of esters is 2. The summed E-state index contributed by atoms with van der Waals surface area (Å²) in [5, 5.41) is 0. The Bertz CT molecular complexity index is 1610. The summed E-state index contributed by atoms with van der Waals surface area (Å²) in [5.41, 5.74) is 10.2. The SMILES string of the molecule is CCOC(=O)C1=C(N)n2c(sc(=Cc3ccc(C(C)C)cc3)c2=O)=C(C(=O)OC)[C@@H]1c1ccc(C(C)C)cc1. The fourth-order valence-electron chi connectivity index (χ4n) is 4.70. The molecule has 0 unspecified atom stereocenters. The first kappa shape index (κ1) is 28.1. The van der Waals surface area contributed by atoms with Crippen LogP contribution in [-0.2, 0) is 19.1 Å². The van der Waals surface area contributed by atoms with Crippen LogP contribution in [0.15, 0.2) is 58.9 Å². The molecule has 1 aliphatic heterocycles. The van der Waals surface area contributed by atoms with E-state index in [9.17, 15) is 14.4 Å². The molecule has 0 saturated heterocycles.